The lowest BCUT2D eigenvalue weighted by Crippen LogP contribution is -2.47. The van der Waals surface area contributed by atoms with Crippen molar-refractivity contribution in [1.82, 2.24) is 9.62 Å². The average Bonchev–Trinajstić information content (AvgIpc) is 3.27. The molecule has 0 bridgehead atoms. The van der Waals surface area contributed by atoms with Crippen LogP contribution in [0.5, 0.6) is 11.5 Å². The van der Waals surface area contributed by atoms with Crippen LogP contribution in [0.3, 0.4) is 0 Å². The second-order valence-corrected chi connectivity index (χ2v) is 10.2. The van der Waals surface area contributed by atoms with Gasteiger partial charge in [0.25, 0.3) is 0 Å². The molecule has 0 spiro atoms. The summed E-state index contributed by atoms with van der Waals surface area (Å²) in [7, 11) is -3.59. The van der Waals surface area contributed by atoms with Gasteiger partial charge in [-0.25, -0.2) is 8.42 Å². The van der Waals surface area contributed by atoms with E-state index in [9.17, 15) is 18.0 Å². The van der Waals surface area contributed by atoms with Crippen molar-refractivity contribution in [3.63, 3.8) is 0 Å². The summed E-state index contributed by atoms with van der Waals surface area (Å²) in [5.74, 6) is 0.203. The molecule has 2 aliphatic rings. The van der Waals surface area contributed by atoms with E-state index in [1.807, 2.05) is 6.92 Å². The summed E-state index contributed by atoms with van der Waals surface area (Å²) in [6, 6.07) is 11.1. The molecule has 0 aromatic heterocycles. The molecule has 0 unspecified atom stereocenters. The van der Waals surface area contributed by atoms with E-state index in [4.69, 9.17) is 9.47 Å². The number of benzene rings is 2. The number of hydrogen-bond donors (Lipinski definition) is 2. The van der Waals surface area contributed by atoms with Gasteiger partial charge in [0.2, 0.25) is 28.6 Å². The number of sulfonamides is 1. The third-order valence-electron chi connectivity index (χ3n) is 5.88. The summed E-state index contributed by atoms with van der Waals surface area (Å²) >= 11 is 0. The molecule has 2 N–H and O–H groups in total. The highest BCUT2D eigenvalue weighted by molar-refractivity contribution is 7.89. The largest absolute Gasteiger partial charge is 0.454 e. The quantitative estimate of drug-likeness (QED) is 0.665. The number of aryl methyl sites for hydroxylation is 1. The lowest BCUT2D eigenvalue weighted by atomic mass is 9.97. The maximum absolute atomic E-state index is 12.8. The zero-order chi connectivity index (χ0) is 23.6. The van der Waals surface area contributed by atoms with Gasteiger partial charge in [-0.05, 0) is 51.0 Å². The molecule has 10 heteroatoms. The zero-order valence-electron chi connectivity index (χ0n) is 18.5. The van der Waals surface area contributed by atoms with Crippen LogP contribution in [0.4, 0.5) is 5.69 Å². The van der Waals surface area contributed by atoms with Crippen LogP contribution in [0.25, 0.3) is 0 Å². The number of hydrogen-bond acceptors (Lipinski definition) is 6. The Labute approximate surface area is 193 Å². The summed E-state index contributed by atoms with van der Waals surface area (Å²) in [5, 5.41) is 5.49. The highest BCUT2D eigenvalue weighted by Gasteiger charge is 2.33. The summed E-state index contributed by atoms with van der Waals surface area (Å²) < 4.78 is 37.6. The van der Waals surface area contributed by atoms with E-state index in [1.54, 1.807) is 49.4 Å². The fourth-order valence-corrected chi connectivity index (χ4v) is 5.31. The maximum atomic E-state index is 12.8. The summed E-state index contributed by atoms with van der Waals surface area (Å²) in [6.07, 6.45) is 0.793. The zero-order valence-corrected chi connectivity index (χ0v) is 19.4. The third-order valence-corrected chi connectivity index (χ3v) is 7.79. The van der Waals surface area contributed by atoms with Crippen molar-refractivity contribution in [2.24, 2.45) is 5.92 Å². The van der Waals surface area contributed by atoms with E-state index >= 15 is 0 Å². The van der Waals surface area contributed by atoms with Crippen LogP contribution in [0.15, 0.2) is 47.4 Å². The number of ether oxygens (including phenoxy) is 2. The minimum atomic E-state index is -3.59. The topological polar surface area (TPSA) is 114 Å². The number of nitrogens with zero attached hydrogens (tertiary/aromatic N) is 1. The van der Waals surface area contributed by atoms with Crippen molar-refractivity contribution < 1.29 is 27.5 Å². The van der Waals surface area contributed by atoms with Crippen LogP contribution in [0.1, 0.15) is 25.3 Å². The van der Waals surface area contributed by atoms with E-state index in [0.29, 0.717) is 30.0 Å². The molecule has 4 rings (SSSR count). The maximum Gasteiger partial charge on any atom is 0.246 e. The van der Waals surface area contributed by atoms with Gasteiger partial charge in [-0.15, -0.1) is 0 Å². The fraction of sp³-hybridized carbons (Fsp3) is 0.391. The van der Waals surface area contributed by atoms with Crippen molar-refractivity contribution in [3.05, 3.63) is 48.0 Å². The molecule has 2 amide bonds. The summed E-state index contributed by atoms with van der Waals surface area (Å²) in [4.78, 5) is 25.5. The molecule has 0 aliphatic carbocycles. The molecule has 33 heavy (non-hydrogen) atoms. The molecule has 1 fully saturated rings. The van der Waals surface area contributed by atoms with E-state index in [2.05, 4.69) is 10.6 Å². The SMILES string of the molecule is Cc1ccc(S(=O)(=O)N2CCC(C(=O)N[C@H](C)C(=O)Nc3ccc4c(c3)OCO4)CC2)cc1. The molecule has 9 nitrogen and oxygen atoms in total. The van der Waals surface area contributed by atoms with Crippen LogP contribution in [0, 0.1) is 12.8 Å². The number of nitrogens with one attached hydrogen (secondary N) is 2. The number of anilines is 1. The standard InChI is InChI=1S/C23H27N3O6S/c1-15-3-6-19(7-4-15)33(29,30)26-11-9-17(10-12-26)23(28)24-16(2)22(27)25-18-5-8-20-21(13-18)32-14-31-20/h3-8,13,16-17H,9-12,14H2,1-2H3,(H,24,28)(H,25,27)/t16-/m1/s1. The molecule has 1 atom stereocenters. The molecule has 0 saturated carbocycles. The van der Waals surface area contributed by atoms with Crippen LogP contribution in [0.2, 0.25) is 0 Å². The second kappa shape index (κ2) is 9.40. The second-order valence-electron chi connectivity index (χ2n) is 8.28. The lowest BCUT2D eigenvalue weighted by Gasteiger charge is -2.31. The van der Waals surface area contributed by atoms with Gasteiger partial charge in [0.1, 0.15) is 6.04 Å². The Kier molecular flexibility index (Phi) is 6.57. The number of rotatable bonds is 6. The monoisotopic (exact) mass is 473 g/mol. The normalized spacial score (nSPS) is 17.4. The number of carbonyl (C=O) groups is 2. The first-order chi connectivity index (χ1) is 15.7. The van der Waals surface area contributed by atoms with Crippen molar-refractivity contribution in [3.8, 4) is 11.5 Å². The Hall–Kier alpha value is -3.11. The number of amides is 2. The van der Waals surface area contributed by atoms with Crippen molar-refractivity contribution in [2.75, 3.05) is 25.2 Å². The number of fused-ring (bicyclic) bond motifs is 1. The summed E-state index contributed by atoms with van der Waals surface area (Å²) in [6.45, 7) is 4.16. The molecule has 0 radical (unpaired) electrons. The third kappa shape index (κ3) is 5.12. The Morgan fingerprint density at radius 3 is 2.39 bits per heavy atom. The lowest BCUT2D eigenvalue weighted by molar-refractivity contribution is -0.129. The van der Waals surface area contributed by atoms with E-state index in [-0.39, 0.29) is 42.5 Å². The van der Waals surface area contributed by atoms with Crippen LogP contribution >= 0.6 is 0 Å². The molecule has 1 saturated heterocycles. The van der Waals surface area contributed by atoms with E-state index in [1.165, 1.54) is 4.31 Å². The summed E-state index contributed by atoms with van der Waals surface area (Å²) in [5.41, 5.74) is 1.53. The van der Waals surface area contributed by atoms with Crippen LogP contribution in [-0.4, -0.2) is 50.5 Å². The van der Waals surface area contributed by atoms with Crippen LogP contribution < -0.4 is 20.1 Å². The molecule has 2 aromatic rings. The van der Waals surface area contributed by atoms with Gasteiger partial charge < -0.3 is 20.1 Å². The van der Waals surface area contributed by atoms with Gasteiger partial charge in [0.05, 0.1) is 4.90 Å². The number of piperidine rings is 1. The molecule has 2 aliphatic heterocycles. The minimum absolute atomic E-state index is 0.143. The van der Waals surface area contributed by atoms with Gasteiger partial charge in [-0.3, -0.25) is 9.59 Å². The first-order valence-electron chi connectivity index (χ1n) is 10.8. The van der Waals surface area contributed by atoms with Gasteiger partial charge in [0, 0.05) is 30.8 Å². The first kappa shape index (κ1) is 23.1. The fourth-order valence-electron chi connectivity index (χ4n) is 3.84. The molecule has 176 valence electrons. The van der Waals surface area contributed by atoms with E-state index < -0.39 is 16.1 Å². The minimum Gasteiger partial charge on any atom is -0.454 e. The van der Waals surface area contributed by atoms with E-state index in [0.717, 1.165) is 5.56 Å². The predicted octanol–water partition coefficient (Wildman–Crippen LogP) is 2.27. The first-order valence-corrected chi connectivity index (χ1v) is 12.3. The highest BCUT2D eigenvalue weighted by atomic mass is 32.2. The molecule has 2 aromatic carbocycles. The van der Waals surface area contributed by atoms with Gasteiger partial charge in [-0.2, -0.15) is 4.31 Å². The molecular weight excluding hydrogens is 446 g/mol. The molecular formula is C23H27N3O6S. The Bertz CT molecular complexity index is 1140. The average molecular weight is 474 g/mol. The Balaban J connectivity index is 1.28. The van der Waals surface area contributed by atoms with Gasteiger partial charge >= 0.3 is 0 Å². The van der Waals surface area contributed by atoms with Gasteiger partial charge in [0.15, 0.2) is 11.5 Å². The smallest absolute Gasteiger partial charge is 0.246 e. The number of carbonyl (C=O) groups excluding carboxylic acids is 2. The highest BCUT2D eigenvalue weighted by Crippen LogP contribution is 2.34. The molecule has 2 heterocycles. The van der Waals surface area contributed by atoms with Crippen LogP contribution in [-0.2, 0) is 19.6 Å². The van der Waals surface area contributed by atoms with Crippen molar-refractivity contribution in [2.45, 2.75) is 37.6 Å². The van der Waals surface area contributed by atoms with Crippen molar-refractivity contribution >= 4 is 27.5 Å². The Morgan fingerprint density at radius 2 is 1.70 bits per heavy atom. The van der Waals surface area contributed by atoms with Gasteiger partial charge in [-0.1, -0.05) is 17.7 Å². The predicted molar refractivity (Wildman–Crippen MR) is 121 cm³/mol. The van der Waals surface area contributed by atoms with Crippen molar-refractivity contribution in [1.29, 1.82) is 0 Å². The Morgan fingerprint density at radius 1 is 1.03 bits per heavy atom.